The summed E-state index contributed by atoms with van der Waals surface area (Å²) in [5, 5.41) is 0. The molecule has 1 unspecified atom stereocenters. The smallest absolute Gasteiger partial charge is 0.374 e. The highest BCUT2D eigenvalue weighted by Gasteiger charge is 2.34. The van der Waals surface area contributed by atoms with Crippen LogP contribution in [-0.2, 0) is 12.6 Å². The van der Waals surface area contributed by atoms with Crippen LogP contribution >= 0.6 is 11.8 Å². The lowest BCUT2D eigenvalue weighted by molar-refractivity contribution is -0.138. The highest BCUT2D eigenvalue weighted by molar-refractivity contribution is 7.98. The Labute approximate surface area is 128 Å². The predicted molar refractivity (Wildman–Crippen MR) is 85.1 cm³/mol. The number of anilines is 1. The van der Waals surface area contributed by atoms with Crippen molar-refractivity contribution in [3.05, 3.63) is 29.3 Å². The molecule has 0 aliphatic heterocycles. The Morgan fingerprint density at radius 2 is 2.00 bits per heavy atom. The molecule has 2 nitrogen and oxygen atoms in total. The minimum Gasteiger partial charge on any atom is -0.374 e. The van der Waals surface area contributed by atoms with Gasteiger partial charge in [-0.1, -0.05) is 13.0 Å². The zero-order valence-electron chi connectivity index (χ0n) is 12.7. The number of thioether (sulfide) groups is 1. The van der Waals surface area contributed by atoms with E-state index in [4.69, 9.17) is 5.73 Å². The summed E-state index contributed by atoms with van der Waals surface area (Å²) in [7, 11) is 1.81. The van der Waals surface area contributed by atoms with Crippen molar-refractivity contribution in [1.82, 2.24) is 0 Å². The lowest BCUT2D eigenvalue weighted by Crippen LogP contribution is -2.24. The Kier molecular flexibility index (Phi) is 6.87. The molecular formula is C15H23F3N2S. The van der Waals surface area contributed by atoms with Crippen molar-refractivity contribution < 1.29 is 13.2 Å². The van der Waals surface area contributed by atoms with Crippen LogP contribution in [-0.4, -0.2) is 31.6 Å². The molecule has 0 amide bonds. The molecule has 0 saturated carbocycles. The third kappa shape index (κ3) is 5.43. The van der Waals surface area contributed by atoms with Crippen LogP contribution in [0.3, 0.4) is 0 Å². The second kappa shape index (κ2) is 7.94. The second-order valence-corrected chi connectivity index (χ2v) is 6.11. The summed E-state index contributed by atoms with van der Waals surface area (Å²) in [6.45, 7) is 2.59. The lowest BCUT2D eigenvalue weighted by atomic mass is 9.98. The Morgan fingerprint density at radius 1 is 1.33 bits per heavy atom. The van der Waals surface area contributed by atoms with Gasteiger partial charge < -0.3 is 10.6 Å². The highest BCUT2D eigenvalue weighted by atomic mass is 32.2. The molecule has 2 N–H and O–H groups in total. The summed E-state index contributed by atoms with van der Waals surface area (Å²) in [5.41, 5.74) is 6.10. The van der Waals surface area contributed by atoms with Crippen molar-refractivity contribution in [1.29, 1.82) is 0 Å². The Bertz CT molecular complexity index is 449. The van der Waals surface area contributed by atoms with Crippen molar-refractivity contribution in [3.8, 4) is 0 Å². The molecule has 0 spiro atoms. The quantitative estimate of drug-likeness (QED) is 0.829. The summed E-state index contributed by atoms with van der Waals surface area (Å²) >= 11 is 1.67. The Balaban J connectivity index is 3.07. The van der Waals surface area contributed by atoms with E-state index in [1.54, 1.807) is 23.9 Å². The topological polar surface area (TPSA) is 29.3 Å². The third-order valence-electron chi connectivity index (χ3n) is 3.48. The molecule has 0 radical (unpaired) electrons. The van der Waals surface area contributed by atoms with Crippen molar-refractivity contribution in [2.24, 2.45) is 5.73 Å². The van der Waals surface area contributed by atoms with Gasteiger partial charge in [-0.2, -0.15) is 24.9 Å². The number of benzene rings is 1. The first kappa shape index (κ1) is 18.2. The van der Waals surface area contributed by atoms with Crippen LogP contribution in [0.25, 0.3) is 0 Å². The van der Waals surface area contributed by atoms with E-state index in [1.807, 2.05) is 25.1 Å². The summed E-state index contributed by atoms with van der Waals surface area (Å²) in [6, 6.07) is 4.29. The van der Waals surface area contributed by atoms with E-state index in [1.165, 1.54) is 6.07 Å². The van der Waals surface area contributed by atoms with Gasteiger partial charge in [0.05, 0.1) is 5.56 Å². The van der Waals surface area contributed by atoms with Gasteiger partial charge in [-0.25, -0.2) is 0 Å². The van der Waals surface area contributed by atoms with Gasteiger partial charge in [-0.05, 0) is 36.8 Å². The second-order valence-electron chi connectivity index (χ2n) is 5.13. The highest BCUT2D eigenvalue weighted by Crippen LogP contribution is 2.35. The fraction of sp³-hybridized carbons (Fsp3) is 0.600. The van der Waals surface area contributed by atoms with Crippen molar-refractivity contribution in [2.75, 3.05) is 30.5 Å². The molecular weight excluding hydrogens is 297 g/mol. The summed E-state index contributed by atoms with van der Waals surface area (Å²) in [6.07, 6.45) is -1.46. The molecule has 0 aliphatic carbocycles. The van der Waals surface area contributed by atoms with Gasteiger partial charge in [-0.15, -0.1) is 0 Å². The van der Waals surface area contributed by atoms with Crippen molar-refractivity contribution in [3.63, 3.8) is 0 Å². The number of hydrogen-bond acceptors (Lipinski definition) is 3. The number of nitrogens with two attached hydrogens (primary N) is 1. The van der Waals surface area contributed by atoms with Crippen LogP contribution in [0.15, 0.2) is 18.2 Å². The van der Waals surface area contributed by atoms with Crippen LogP contribution in [0.4, 0.5) is 18.9 Å². The fourth-order valence-electron chi connectivity index (χ4n) is 2.03. The van der Waals surface area contributed by atoms with Crippen LogP contribution in [0.1, 0.15) is 24.5 Å². The fourth-order valence-corrected chi connectivity index (χ4v) is 2.48. The maximum absolute atomic E-state index is 13.2. The first-order valence-electron chi connectivity index (χ1n) is 6.95. The van der Waals surface area contributed by atoms with Crippen molar-refractivity contribution >= 4 is 17.4 Å². The van der Waals surface area contributed by atoms with E-state index in [2.05, 4.69) is 0 Å². The van der Waals surface area contributed by atoms with E-state index in [0.29, 0.717) is 18.7 Å². The standard InChI is InChI=1S/C15H23F3N2S/c1-4-12(19)9-11-5-6-13(20(2)7-8-21-3)10-14(11)15(16,17)18/h5-6,10,12H,4,7-9,19H2,1-3H3. The average molecular weight is 320 g/mol. The van der Waals surface area contributed by atoms with Gasteiger partial charge >= 0.3 is 6.18 Å². The monoisotopic (exact) mass is 320 g/mol. The molecule has 120 valence electrons. The number of nitrogens with zero attached hydrogens (tertiary/aromatic N) is 1. The number of alkyl halides is 3. The van der Waals surface area contributed by atoms with Crippen LogP contribution in [0.5, 0.6) is 0 Å². The summed E-state index contributed by atoms with van der Waals surface area (Å²) in [4.78, 5) is 1.84. The molecule has 0 aromatic heterocycles. The zero-order chi connectivity index (χ0) is 16.0. The molecule has 0 heterocycles. The van der Waals surface area contributed by atoms with E-state index < -0.39 is 11.7 Å². The SMILES string of the molecule is CCC(N)Cc1ccc(N(C)CCSC)cc1C(F)(F)F. The van der Waals surface area contributed by atoms with Gasteiger partial charge in [0.1, 0.15) is 0 Å². The van der Waals surface area contributed by atoms with Crippen LogP contribution in [0, 0.1) is 0 Å². The molecule has 0 aliphatic rings. The molecule has 1 aromatic carbocycles. The van der Waals surface area contributed by atoms with Gasteiger partial charge in [0, 0.05) is 31.1 Å². The Morgan fingerprint density at radius 3 is 2.52 bits per heavy atom. The van der Waals surface area contributed by atoms with Gasteiger partial charge in [0.25, 0.3) is 0 Å². The predicted octanol–water partition coefficient (Wildman–Crippen LogP) is 3.78. The minimum atomic E-state index is -4.35. The zero-order valence-corrected chi connectivity index (χ0v) is 13.5. The third-order valence-corrected chi connectivity index (χ3v) is 4.07. The first-order chi connectivity index (χ1) is 9.79. The molecule has 1 aromatic rings. The van der Waals surface area contributed by atoms with Gasteiger partial charge in [0.15, 0.2) is 0 Å². The largest absolute Gasteiger partial charge is 0.416 e. The lowest BCUT2D eigenvalue weighted by Gasteiger charge is -2.22. The number of halogens is 3. The molecule has 0 bridgehead atoms. The van der Waals surface area contributed by atoms with Crippen LogP contribution in [0.2, 0.25) is 0 Å². The molecule has 21 heavy (non-hydrogen) atoms. The van der Waals surface area contributed by atoms with E-state index in [-0.39, 0.29) is 18.0 Å². The molecule has 1 rings (SSSR count). The Hall–Kier alpha value is -0.880. The van der Waals surface area contributed by atoms with E-state index in [9.17, 15) is 13.2 Å². The van der Waals surface area contributed by atoms with Crippen LogP contribution < -0.4 is 10.6 Å². The molecule has 6 heteroatoms. The number of rotatable bonds is 7. The normalized spacial score (nSPS) is 13.3. The molecule has 0 fully saturated rings. The van der Waals surface area contributed by atoms with E-state index in [0.717, 1.165) is 5.75 Å². The van der Waals surface area contributed by atoms with Gasteiger partial charge in [-0.3, -0.25) is 0 Å². The average Bonchev–Trinajstić information content (AvgIpc) is 2.43. The first-order valence-corrected chi connectivity index (χ1v) is 8.34. The summed E-state index contributed by atoms with van der Waals surface area (Å²) in [5.74, 6) is 0.875. The maximum Gasteiger partial charge on any atom is 0.416 e. The van der Waals surface area contributed by atoms with E-state index >= 15 is 0 Å². The maximum atomic E-state index is 13.2. The molecule has 1 atom stereocenters. The molecule has 0 saturated heterocycles. The van der Waals surface area contributed by atoms with Gasteiger partial charge in [0.2, 0.25) is 0 Å². The summed E-state index contributed by atoms with van der Waals surface area (Å²) < 4.78 is 39.7. The number of hydrogen-bond donors (Lipinski definition) is 1. The minimum absolute atomic E-state index is 0.244. The van der Waals surface area contributed by atoms with Crippen molar-refractivity contribution in [2.45, 2.75) is 32.0 Å².